The van der Waals surface area contributed by atoms with Crippen molar-refractivity contribution >= 4 is 34.0 Å². The second-order valence-corrected chi connectivity index (χ2v) is 7.12. The number of anilines is 1. The van der Waals surface area contributed by atoms with Crippen molar-refractivity contribution in [3.8, 4) is 11.8 Å². The van der Waals surface area contributed by atoms with E-state index < -0.39 is 38.6 Å². The predicted molar refractivity (Wildman–Crippen MR) is 103 cm³/mol. The summed E-state index contributed by atoms with van der Waals surface area (Å²) in [5, 5.41) is 1.33. The minimum atomic E-state index is -4.64. The number of hydrogen-bond donors (Lipinski definition) is 2. The van der Waals surface area contributed by atoms with Crippen LogP contribution < -0.4 is 19.5 Å². The first-order valence-electron chi connectivity index (χ1n) is 8.24. The summed E-state index contributed by atoms with van der Waals surface area (Å²) in [4.78, 5) is 48.1. The summed E-state index contributed by atoms with van der Waals surface area (Å²) in [5.41, 5.74) is -0.463. The van der Waals surface area contributed by atoms with Crippen LogP contribution in [0.2, 0.25) is 0 Å². The summed E-state index contributed by atoms with van der Waals surface area (Å²) in [5.74, 6) is -1.23. The molecule has 2 N–H and O–H groups in total. The average molecular weight is 454 g/mol. The fourth-order valence-corrected chi connectivity index (χ4v) is 3.17. The lowest BCUT2D eigenvalue weighted by Crippen LogP contribution is -2.38. The molecule has 0 aliphatic rings. The molecule has 2 aromatic heterocycles. The number of nitrogens with one attached hydrogen (secondary N) is 2. The molecular formula is C16H18N6O8S. The topological polar surface area (TPSA) is 179 Å². The molecule has 15 heteroatoms. The van der Waals surface area contributed by atoms with Gasteiger partial charge in [0.05, 0.1) is 33.0 Å². The highest BCUT2D eigenvalue weighted by molar-refractivity contribution is 7.90. The first-order valence-corrected chi connectivity index (χ1v) is 9.73. The van der Waals surface area contributed by atoms with Crippen LogP contribution in [-0.4, -0.2) is 74.7 Å². The lowest BCUT2D eigenvalue weighted by Gasteiger charge is -2.15. The molecule has 14 nitrogen and oxygen atoms in total. The van der Waals surface area contributed by atoms with Crippen LogP contribution in [-0.2, 0) is 14.8 Å². The molecule has 0 aliphatic heterocycles. The molecule has 0 aromatic carbocycles. The van der Waals surface area contributed by atoms with E-state index >= 15 is 0 Å². The van der Waals surface area contributed by atoms with Crippen LogP contribution in [0.15, 0.2) is 29.4 Å². The summed E-state index contributed by atoms with van der Waals surface area (Å²) >= 11 is 0. The van der Waals surface area contributed by atoms with Gasteiger partial charge in [0.15, 0.2) is 5.03 Å². The van der Waals surface area contributed by atoms with Crippen molar-refractivity contribution in [1.29, 1.82) is 0 Å². The number of sulfonamides is 1. The number of hydrogen-bond acceptors (Lipinski definition) is 11. The largest absolute Gasteiger partial charge is 0.481 e. The standard InChI is InChI=1S/C16H18N6O8S/c1-22(16(25)30-4)13(23)9-6-5-7-17-12(9)31(26,27)21-15(24)20-14-18-10(28-2)8-11(19-14)29-3/h5-8H,1-4H3,(H2,18,19,20,21,24). The Morgan fingerprint density at radius 3 is 2.23 bits per heavy atom. The fraction of sp³-hybridized carbons (Fsp3) is 0.250. The summed E-state index contributed by atoms with van der Waals surface area (Å²) in [6.07, 6.45) is 0.0734. The van der Waals surface area contributed by atoms with E-state index in [2.05, 4.69) is 25.0 Å². The maximum Gasteiger partial charge on any atom is 0.416 e. The Morgan fingerprint density at radius 1 is 1.06 bits per heavy atom. The molecule has 166 valence electrons. The normalized spacial score (nSPS) is 10.6. The Balaban J connectivity index is 2.28. The lowest BCUT2D eigenvalue weighted by atomic mass is 10.2. The number of ether oxygens (including phenoxy) is 3. The first-order chi connectivity index (χ1) is 14.6. The third-order valence-electron chi connectivity index (χ3n) is 3.56. The zero-order valence-corrected chi connectivity index (χ0v) is 17.6. The van der Waals surface area contributed by atoms with Gasteiger partial charge in [-0.15, -0.1) is 0 Å². The van der Waals surface area contributed by atoms with Gasteiger partial charge in [-0.25, -0.2) is 24.2 Å². The monoisotopic (exact) mass is 454 g/mol. The van der Waals surface area contributed by atoms with Gasteiger partial charge in [0.2, 0.25) is 17.7 Å². The van der Waals surface area contributed by atoms with E-state index in [0.717, 1.165) is 26.4 Å². The van der Waals surface area contributed by atoms with Gasteiger partial charge >= 0.3 is 12.1 Å². The molecule has 0 saturated carbocycles. The van der Waals surface area contributed by atoms with E-state index in [1.165, 1.54) is 26.4 Å². The fourth-order valence-electron chi connectivity index (χ4n) is 2.13. The highest BCUT2D eigenvalue weighted by atomic mass is 32.2. The minimum absolute atomic E-state index is 0.0495. The first kappa shape index (κ1) is 23.3. The van der Waals surface area contributed by atoms with Crippen molar-refractivity contribution in [2.24, 2.45) is 0 Å². The highest BCUT2D eigenvalue weighted by Crippen LogP contribution is 2.18. The molecule has 0 saturated heterocycles. The molecule has 0 radical (unpaired) electrons. The number of imide groups is 1. The summed E-state index contributed by atoms with van der Waals surface area (Å²) in [6, 6.07) is 2.50. The van der Waals surface area contributed by atoms with Crippen molar-refractivity contribution in [3.63, 3.8) is 0 Å². The maximum absolute atomic E-state index is 12.7. The molecular weight excluding hydrogens is 436 g/mol. The molecule has 2 rings (SSSR count). The Morgan fingerprint density at radius 2 is 1.68 bits per heavy atom. The average Bonchev–Trinajstić information content (AvgIpc) is 2.76. The maximum atomic E-state index is 12.7. The molecule has 31 heavy (non-hydrogen) atoms. The summed E-state index contributed by atoms with van der Waals surface area (Å²) in [6.45, 7) is 0. The van der Waals surface area contributed by atoms with Crippen molar-refractivity contribution in [2.45, 2.75) is 5.03 Å². The van der Waals surface area contributed by atoms with Crippen LogP contribution in [0.3, 0.4) is 0 Å². The molecule has 0 atom stereocenters. The molecule has 0 aliphatic carbocycles. The number of pyridine rings is 1. The third kappa shape index (κ3) is 5.53. The number of urea groups is 1. The van der Waals surface area contributed by atoms with E-state index in [0.29, 0.717) is 4.90 Å². The number of rotatable bonds is 6. The van der Waals surface area contributed by atoms with Gasteiger partial charge in [-0.05, 0) is 12.1 Å². The highest BCUT2D eigenvalue weighted by Gasteiger charge is 2.29. The van der Waals surface area contributed by atoms with Gasteiger partial charge in [-0.2, -0.15) is 18.4 Å². The van der Waals surface area contributed by atoms with Gasteiger partial charge in [-0.1, -0.05) is 0 Å². The Hall–Kier alpha value is -4.01. The zero-order chi connectivity index (χ0) is 23.2. The number of carbonyl (C=O) groups is 3. The van der Waals surface area contributed by atoms with Crippen LogP contribution in [0.1, 0.15) is 10.4 Å². The number of carbonyl (C=O) groups excluding carboxylic acids is 3. The number of nitrogens with zero attached hydrogens (tertiary/aromatic N) is 4. The second kappa shape index (κ2) is 9.66. The van der Waals surface area contributed by atoms with Crippen molar-refractivity contribution in [1.82, 2.24) is 24.6 Å². The second-order valence-electron chi connectivity index (χ2n) is 5.53. The van der Waals surface area contributed by atoms with Crippen LogP contribution in [0.4, 0.5) is 15.5 Å². The van der Waals surface area contributed by atoms with Crippen LogP contribution >= 0.6 is 0 Å². The van der Waals surface area contributed by atoms with E-state index in [-0.39, 0.29) is 17.7 Å². The lowest BCUT2D eigenvalue weighted by molar-refractivity contribution is 0.0746. The summed E-state index contributed by atoms with van der Waals surface area (Å²) in [7, 11) is 0.136. The van der Waals surface area contributed by atoms with Gasteiger partial charge < -0.3 is 14.2 Å². The quantitative estimate of drug-likeness (QED) is 0.610. The molecule has 2 aromatic rings. The van der Waals surface area contributed by atoms with E-state index in [4.69, 9.17) is 9.47 Å². The molecule has 0 bridgehead atoms. The predicted octanol–water partition coefficient (Wildman–Crippen LogP) is 0.238. The number of methoxy groups -OCH3 is 3. The molecule has 0 spiro atoms. The molecule has 2 heterocycles. The van der Waals surface area contributed by atoms with Gasteiger partial charge in [0.1, 0.15) is 0 Å². The molecule has 0 unspecified atom stereocenters. The van der Waals surface area contributed by atoms with Crippen molar-refractivity contribution in [3.05, 3.63) is 30.0 Å². The smallest absolute Gasteiger partial charge is 0.416 e. The van der Waals surface area contributed by atoms with Crippen LogP contribution in [0.5, 0.6) is 11.8 Å². The van der Waals surface area contributed by atoms with Crippen LogP contribution in [0.25, 0.3) is 0 Å². The molecule has 4 amide bonds. The Bertz CT molecular complexity index is 1080. The van der Waals surface area contributed by atoms with Gasteiger partial charge in [-0.3, -0.25) is 10.1 Å². The third-order valence-corrected chi connectivity index (χ3v) is 4.85. The molecule has 0 fully saturated rings. The van der Waals surface area contributed by atoms with Crippen molar-refractivity contribution < 1.29 is 37.0 Å². The van der Waals surface area contributed by atoms with Crippen molar-refractivity contribution in [2.75, 3.05) is 33.7 Å². The van der Waals surface area contributed by atoms with Crippen LogP contribution in [0, 0.1) is 0 Å². The Labute approximate surface area is 176 Å². The summed E-state index contributed by atoms with van der Waals surface area (Å²) < 4.78 is 41.3. The van der Waals surface area contributed by atoms with Gasteiger partial charge in [0, 0.05) is 13.2 Å². The van der Waals surface area contributed by atoms with E-state index in [1.54, 1.807) is 4.72 Å². The number of amides is 4. The SMILES string of the molecule is COC(=O)N(C)C(=O)c1cccnc1S(=O)(=O)NC(=O)Nc1nc(OC)cc(OC)n1. The van der Waals surface area contributed by atoms with E-state index in [9.17, 15) is 22.8 Å². The Kier molecular flexibility index (Phi) is 7.25. The van der Waals surface area contributed by atoms with Gasteiger partial charge in [0.25, 0.3) is 15.9 Å². The zero-order valence-electron chi connectivity index (χ0n) is 16.8. The van der Waals surface area contributed by atoms with E-state index in [1.807, 2.05) is 0 Å². The minimum Gasteiger partial charge on any atom is -0.481 e. The number of aromatic nitrogens is 3.